The molecule has 0 aromatic carbocycles. The summed E-state index contributed by atoms with van der Waals surface area (Å²) >= 11 is 0. The van der Waals surface area contributed by atoms with E-state index in [-0.39, 0.29) is 12.5 Å². The molecule has 4 rings (SSSR count). The number of aromatic nitrogens is 5. The van der Waals surface area contributed by atoms with Crippen molar-refractivity contribution in [3.8, 4) is 0 Å². The number of pyridine rings is 1. The maximum absolute atomic E-state index is 12.7. The fourth-order valence-electron chi connectivity index (χ4n) is 3.72. The van der Waals surface area contributed by atoms with Gasteiger partial charge in [-0.15, -0.1) is 0 Å². The van der Waals surface area contributed by atoms with Gasteiger partial charge in [0.25, 0.3) is 0 Å². The number of aryl methyl sites for hydroxylation is 1. The number of nitrogens with zero attached hydrogens (tertiary/aromatic N) is 6. The molecule has 13 heteroatoms. The first-order valence-electron chi connectivity index (χ1n) is 10.4. The molecule has 0 saturated heterocycles. The zero-order valence-electron chi connectivity index (χ0n) is 18.6. The third kappa shape index (κ3) is 4.78. The number of carbonyl (C=O) groups is 1. The molecule has 2 atom stereocenters. The van der Waals surface area contributed by atoms with Gasteiger partial charge in [0, 0.05) is 31.5 Å². The van der Waals surface area contributed by atoms with E-state index < -0.39 is 24.0 Å². The molecule has 0 bridgehead atoms. The number of halogens is 3. The van der Waals surface area contributed by atoms with Crippen molar-refractivity contribution in [2.24, 2.45) is 0 Å². The molecule has 1 amide bonds. The number of rotatable bonds is 6. The van der Waals surface area contributed by atoms with Gasteiger partial charge in [-0.1, -0.05) is 6.07 Å². The summed E-state index contributed by atoms with van der Waals surface area (Å²) in [5.41, 5.74) is 1.52. The van der Waals surface area contributed by atoms with Gasteiger partial charge in [-0.25, -0.2) is 4.98 Å². The Morgan fingerprint density at radius 3 is 2.65 bits per heavy atom. The van der Waals surface area contributed by atoms with Crippen molar-refractivity contribution in [3.63, 3.8) is 0 Å². The van der Waals surface area contributed by atoms with Crippen LogP contribution < -0.4 is 15.5 Å². The third-order valence-corrected chi connectivity index (χ3v) is 5.39. The summed E-state index contributed by atoms with van der Waals surface area (Å²) in [6, 6.07) is 1.54. The van der Waals surface area contributed by atoms with Crippen LogP contribution in [0.4, 0.5) is 30.6 Å². The van der Waals surface area contributed by atoms with Crippen molar-refractivity contribution < 1.29 is 23.1 Å². The lowest BCUT2D eigenvalue weighted by molar-refractivity contribution is -0.141. The Kier molecular flexibility index (Phi) is 6.13. The average Bonchev–Trinajstić information content (AvgIpc) is 3.20. The van der Waals surface area contributed by atoms with Gasteiger partial charge in [-0.2, -0.15) is 23.3 Å². The van der Waals surface area contributed by atoms with Gasteiger partial charge in [0.05, 0.1) is 24.5 Å². The van der Waals surface area contributed by atoms with Gasteiger partial charge in [0.15, 0.2) is 5.82 Å². The number of amides is 1. The van der Waals surface area contributed by atoms with Crippen LogP contribution in [0.15, 0.2) is 30.7 Å². The zero-order chi connectivity index (χ0) is 24.6. The summed E-state index contributed by atoms with van der Waals surface area (Å²) in [6.07, 6.45) is -0.799. The van der Waals surface area contributed by atoms with Crippen molar-refractivity contribution in [1.29, 1.82) is 0 Å². The lowest BCUT2D eigenvalue weighted by Gasteiger charge is -2.36. The standard InChI is InChI=1S/C21H23F3N8O2/c1-11-16-18(31(3)17(12(2)33)19(34)29-16)30-20(28-11)26-7-14-8-27-32(10-14)9-13-4-5-15(25-6-13)21(22,23)24/h4-6,8,10,12,17,33H,7,9H2,1-3H3,(H,29,34)(H,26,28,30)/t12-,17-/m0/s1. The SMILES string of the molecule is Cc1nc(NCc2cnn(Cc3ccc(C(F)(F)F)nc3)c2)nc2c1NC(=O)[C@H]([C@H](C)O)N2C. The Morgan fingerprint density at radius 2 is 2.00 bits per heavy atom. The molecule has 0 fully saturated rings. The summed E-state index contributed by atoms with van der Waals surface area (Å²) in [6.45, 7) is 3.90. The molecule has 3 aromatic rings. The van der Waals surface area contributed by atoms with Gasteiger partial charge in [-0.3, -0.25) is 14.5 Å². The first kappa shape index (κ1) is 23.4. The van der Waals surface area contributed by atoms with Gasteiger partial charge in [0.2, 0.25) is 11.9 Å². The fraction of sp³-hybridized carbons (Fsp3) is 0.381. The summed E-state index contributed by atoms with van der Waals surface area (Å²) in [5, 5.41) is 20.1. The highest BCUT2D eigenvalue weighted by Gasteiger charge is 2.36. The Labute approximate surface area is 192 Å². The van der Waals surface area contributed by atoms with Crippen LogP contribution in [0.1, 0.15) is 29.4 Å². The quantitative estimate of drug-likeness (QED) is 0.495. The molecule has 10 nitrogen and oxygen atoms in total. The van der Waals surface area contributed by atoms with Crippen LogP contribution in [0.25, 0.3) is 0 Å². The summed E-state index contributed by atoms with van der Waals surface area (Å²) in [4.78, 5) is 26.3. The van der Waals surface area contributed by atoms with Crippen molar-refractivity contribution in [2.75, 3.05) is 22.6 Å². The minimum atomic E-state index is -4.47. The number of aliphatic hydroxyl groups excluding tert-OH is 1. The van der Waals surface area contributed by atoms with Crippen LogP contribution in [0.2, 0.25) is 0 Å². The predicted molar refractivity (Wildman–Crippen MR) is 117 cm³/mol. The van der Waals surface area contributed by atoms with Crippen LogP contribution in [0, 0.1) is 6.92 Å². The molecule has 3 aromatic heterocycles. The highest BCUT2D eigenvalue weighted by molar-refractivity contribution is 6.03. The van der Waals surface area contributed by atoms with E-state index in [1.165, 1.54) is 19.2 Å². The number of alkyl halides is 3. The molecule has 0 spiro atoms. The maximum Gasteiger partial charge on any atom is 0.433 e. The van der Waals surface area contributed by atoms with Crippen LogP contribution in [0.3, 0.4) is 0 Å². The lowest BCUT2D eigenvalue weighted by Crippen LogP contribution is -2.52. The molecule has 0 radical (unpaired) electrons. The minimum Gasteiger partial charge on any atom is -0.391 e. The Balaban J connectivity index is 1.43. The van der Waals surface area contributed by atoms with Crippen molar-refractivity contribution in [1.82, 2.24) is 24.7 Å². The number of carbonyl (C=O) groups excluding carboxylic acids is 1. The van der Waals surface area contributed by atoms with Crippen LogP contribution >= 0.6 is 0 Å². The molecule has 1 aliphatic heterocycles. The highest BCUT2D eigenvalue weighted by atomic mass is 19.4. The van der Waals surface area contributed by atoms with E-state index in [1.54, 1.807) is 35.9 Å². The smallest absolute Gasteiger partial charge is 0.391 e. The Morgan fingerprint density at radius 1 is 1.24 bits per heavy atom. The maximum atomic E-state index is 12.7. The molecular weight excluding hydrogens is 453 g/mol. The van der Waals surface area contributed by atoms with Gasteiger partial charge >= 0.3 is 6.18 Å². The predicted octanol–water partition coefficient (Wildman–Crippen LogP) is 2.19. The van der Waals surface area contributed by atoms with E-state index in [4.69, 9.17) is 0 Å². The van der Waals surface area contributed by atoms with Crippen molar-refractivity contribution >= 4 is 23.4 Å². The van der Waals surface area contributed by atoms with E-state index in [2.05, 4.69) is 30.7 Å². The first-order chi connectivity index (χ1) is 16.0. The number of fused-ring (bicyclic) bond motifs is 1. The molecule has 4 heterocycles. The normalized spacial score (nSPS) is 16.7. The molecule has 0 unspecified atom stereocenters. The number of aliphatic hydroxyl groups is 1. The second kappa shape index (κ2) is 8.89. The van der Waals surface area contributed by atoms with Crippen molar-refractivity contribution in [2.45, 2.75) is 45.3 Å². The van der Waals surface area contributed by atoms with Crippen LogP contribution in [-0.4, -0.2) is 54.9 Å². The first-order valence-corrected chi connectivity index (χ1v) is 10.4. The number of likely N-dealkylation sites (N-methyl/N-ethyl adjacent to an activating group) is 1. The van der Waals surface area contributed by atoms with E-state index in [0.717, 1.165) is 11.6 Å². The van der Waals surface area contributed by atoms with E-state index >= 15 is 0 Å². The van der Waals surface area contributed by atoms with Crippen LogP contribution in [0.5, 0.6) is 0 Å². The van der Waals surface area contributed by atoms with E-state index in [0.29, 0.717) is 35.3 Å². The molecule has 1 aliphatic rings. The molecule has 180 valence electrons. The molecule has 3 N–H and O–H groups in total. The molecule has 34 heavy (non-hydrogen) atoms. The zero-order valence-corrected chi connectivity index (χ0v) is 18.6. The Bertz CT molecular complexity index is 1190. The molecule has 0 aliphatic carbocycles. The van der Waals surface area contributed by atoms with Crippen molar-refractivity contribution in [3.05, 3.63) is 53.2 Å². The number of anilines is 3. The Hall–Kier alpha value is -3.74. The summed E-state index contributed by atoms with van der Waals surface area (Å²) in [5.74, 6) is 0.502. The van der Waals surface area contributed by atoms with E-state index in [1.807, 2.05) is 0 Å². The number of hydrogen-bond acceptors (Lipinski definition) is 8. The summed E-state index contributed by atoms with van der Waals surface area (Å²) in [7, 11) is 1.69. The van der Waals surface area contributed by atoms with Gasteiger partial charge in [-0.05, 0) is 25.5 Å². The number of nitrogens with one attached hydrogen (secondary N) is 2. The largest absolute Gasteiger partial charge is 0.433 e. The number of hydrogen-bond donors (Lipinski definition) is 3. The van der Waals surface area contributed by atoms with Gasteiger partial charge < -0.3 is 20.6 Å². The highest BCUT2D eigenvalue weighted by Crippen LogP contribution is 2.33. The molecular formula is C21H23F3N8O2. The minimum absolute atomic E-state index is 0.269. The van der Waals surface area contributed by atoms with Crippen LogP contribution in [-0.2, 0) is 24.1 Å². The van der Waals surface area contributed by atoms with E-state index in [9.17, 15) is 23.1 Å². The lowest BCUT2D eigenvalue weighted by atomic mass is 10.1. The monoisotopic (exact) mass is 476 g/mol. The second-order valence-corrected chi connectivity index (χ2v) is 8.07. The van der Waals surface area contributed by atoms with Gasteiger partial charge in [0.1, 0.15) is 17.4 Å². The average molecular weight is 476 g/mol. The summed E-state index contributed by atoms with van der Waals surface area (Å²) < 4.78 is 39.6. The second-order valence-electron chi connectivity index (χ2n) is 8.07. The molecule has 0 saturated carbocycles. The third-order valence-electron chi connectivity index (χ3n) is 5.39. The topological polar surface area (TPSA) is 121 Å². The fourth-order valence-corrected chi connectivity index (χ4v) is 3.72.